The van der Waals surface area contributed by atoms with Gasteiger partial charge < -0.3 is 10.2 Å². The van der Waals surface area contributed by atoms with Crippen LogP contribution < -0.4 is 9.62 Å². The van der Waals surface area contributed by atoms with Crippen LogP contribution >= 0.6 is 11.6 Å². The Morgan fingerprint density at radius 1 is 1.00 bits per heavy atom. The van der Waals surface area contributed by atoms with E-state index in [9.17, 15) is 18.0 Å². The van der Waals surface area contributed by atoms with Gasteiger partial charge in [0, 0.05) is 17.6 Å². The maximum atomic E-state index is 13.6. The molecule has 0 aliphatic heterocycles. The van der Waals surface area contributed by atoms with Crippen LogP contribution in [0.1, 0.15) is 58.1 Å². The molecule has 0 heterocycles. The van der Waals surface area contributed by atoms with Gasteiger partial charge in [-0.1, -0.05) is 62.7 Å². The van der Waals surface area contributed by atoms with E-state index < -0.39 is 28.5 Å². The predicted octanol–water partition coefficient (Wildman–Crippen LogP) is 4.56. The number of rotatable bonds is 11. The van der Waals surface area contributed by atoms with Crippen LogP contribution in [0.5, 0.6) is 0 Å². The maximum Gasteiger partial charge on any atom is 0.244 e. The van der Waals surface area contributed by atoms with Crippen LogP contribution in [0.2, 0.25) is 5.02 Å². The van der Waals surface area contributed by atoms with Crippen LogP contribution in [0.25, 0.3) is 0 Å². The van der Waals surface area contributed by atoms with Gasteiger partial charge in [-0.25, -0.2) is 8.42 Å². The first-order chi connectivity index (χ1) is 16.3. The first kappa shape index (κ1) is 28.7. The molecule has 0 radical (unpaired) electrons. The van der Waals surface area contributed by atoms with Crippen molar-refractivity contribution in [2.45, 2.75) is 65.6 Å². The molecule has 0 bridgehead atoms. The van der Waals surface area contributed by atoms with Crippen LogP contribution in [-0.2, 0) is 26.2 Å². The summed E-state index contributed by atoms with van der Waals surface area (Å²) in [5.41, 5.74) is 2.05. The quantitative estimate of drug-likeness (QED) is 0.469. The summed E-state index contributed by atoms with van der Waals surface area (Å²) in [7, 11) is -3.78. The lowest BCUT2D eigenvalue weighted by Gasteiger charge is -2.32. The molecule has 0 aliphatic rings. The Morgan fingerprint density at radius 3 is 2.14 bits per heavy atom. The molecule has 0 aliphatic carbocycles. The fraction of sp³-hybridized carbons (Fsp3) is 0.462. The Hall–Kier alpha value is -2.58. The molecule has 0 saturated carbocycles. The first-order valence-electron chi connectivity index (χ1n) is 11.8. The van der Waals surface area contributed by atoms with Crippen molar-refractivity contribution in [2.24, 2.45) is 0 Å². The van der Waals surface area contributed by atoms with Crippen molar-refractivity contribution >= 4 is 39.1 Å². The molecule has 1 N–H and O–H groups in total. The number of halogens is 1. The predicted molar refractivity (Wildman–Crippen MR) is 142 cm³/mol. The summed E-state index contributed by atoms with van der Waals surface area (Å²) in [6, 6.07) is 13.3. The van der Waals surface area contributed by atoms with Gasteiger partial charge in [-0.2, -0.15) is 0 Å². The average molecular weight is 522 g/mol. The highest BCUT2D eigenvalue weighted by Crippen LogP contribution is 2.29. The monoisotopic (exact) mass is 521 g/mol. The zero-order valence-electron chi connectivity index (χ0n) is 21.3. The molecule has 2 aromatic carbocycles. The average Bonchev–Trinajstić information content (AvgIpc) is 2.80. The van der Waals surface area contributed by atoms with E-state index in [-0.39, 0.29) is 24.4 Å². The minimum atomic E-state index is -3.78. The van der Waals surface area contributed by atoms with E-state index >= 15 is 0 Å². The number of anilines is 1. The molecule has 0 saturated heterocycles. The Labute approximate surface area is 214 Å². The first-order valence-corrected chi connectivity index (χ1v) is 14.0. The molecule has 0 fully saturated rings. The zero-order valence-corrected chi connectivity index (χ0v) is 22.9. The fourth-order valence-electron chi connectivity index (χ4n) is 3.63. The van der Waals surface area contributed by atoms with Gasteiger partial charge in [0.25, 0.3) is 0 Å². The standard InChI is InChI=1S/C26H36ClN3O4S/c1-7-19(4)28-26(32)20(5)29(16-21-12-14-22(27)15-13-21)25(31)17-30(35(6,33)34)24-11-9-8-10-23(24)18(2)3/h8-15,18-20H,7,16-17H2,1-6H3,(H,28,32)/t19-,20+/m1/s1. The van der Waals surface area contributed by atoms with E-state index in [1.165, 1.54) is 4.90 Å². The minimum Gasteiger partial charge on any atom is -0.352 e. The van der Waals surface area contributed by atoms with E-state index in [0.717, 1.165) is 28.1 Å². The van der Waals surface area contributed by atoms with Crippen molar-refractivity contribution < 1.29 is 18.0 Å². The lowest BCUT2D eigenvalue weighted by molar-refractivity contribution is -0.139. The molecule has 192 valence electrons. The van der Waals surface area contributed by atoms with Gasteiger partial charge in [0.1, 0.15) is 12.6 Å². The number of para-hydroxylation sites is 1. The summed E-state index contributed by atoms with van der Waals surface area (Å²) < 4.78 is 26.7. The molecule has 2 rings (SSSR count). The smallest absolute Gasteiger partial charge is 0.244 e. The number of nitrogens with zero attached hydrogens (tertiary/aromatic N) is 2. The van der Waals surface area contributed by atoms with E-state index in [0.29, 0.717) is 10.7 Å². The lowest BCUT2D eigenvalue weighted by Crippen LogP contribution is -2.52. The SMILES string of the molecule is CC[C@@H](C)NC(=O)[C@H](C)N(Cc1ccc(Cl)cc1)C(=O)CN(c1ccccc1C(C)C)S(C)(=O)=O. The fourth-order valence-corrected chi connectivity index (χ4v) is 4.63. The minimum absolute atomic E-state index is 0.0518. The summed E-state index contributed by atoms with van der Waals surface area (Å²) in [6.45, 7) is 9.15. The molecule has 9 heteroatoms. The number of hydrogen-bond acceptors (Lipinski definition) is 4. The van der Waals surface area contributed by atoms with Gasteiger partial charge in [0.05, 0.1) is 11.9 Å². The Morgan fingerprint density at radius 2 is 1.60 bits per heavy atom. The van der Waals surface area contributed by atoms with E-state index in [2.05, 4.69) is 5.32 Å². The number of benzene rings is 2. The molecule has 2 aromatic rings. The summed E-state index contributed by atoms with van der Waals surface area (Å²) in [5.74, 6) is -0.721. The van der Waals surface area contributed by atoms with Gasteiger partial charge in [-0.3, -0.25) is 13.9 Å². The number of nitrogens with one attached hydrogen (secondary N) is 1. The molecular weight excluding hydrogens is 486 g/mol. The molecule has 35 heavy (non-hydrogen) atoms. The number of sulfonamides is 1. The van der Waals surface area contributed by atoms with Crippen molar-refractivity contribution in [3.05, 3.63) is 64.7 Å². The molecule has 2 amide bonds. The van der Waals surface area contributed by atoms with Crippen molar-refractivity contribution in [1.29, 1.82) is 0 Å². The summed E-state index contributed by atoms with van der Waals surface area (Å²) in [5, 5.41) is 3.47. The molecule has 7 nitrogen and oxygen atoms in total. The van der Waals surface area contributed by atoms with Crippen molar-refractivity contribution in [3.8, 4) is 0 Å². The van der Waals surface area contributed by atoms with E-state index in [1.54, 1.807) is 43.3 Å². The summed E-state index contributed by atoms with van der Waals surface area (Å²) >= 11 is 6.01. The highest BCUT2D eigenvalue weighted by molar-refractivity contribution is 7.92. The molecule has 2 atom stereocenters. The molecule has 0 aromatic heterocycles. The second-order valence-corrected chi connectivity index (χ2v) is 11.5. The summed E-state index contributed by atoms with van der Waals surface area (Å²) in [6.07, 6.45) is 1.83. The van der Waals surface area contributed by atoms with Gasteiger partial charge in [-0.15, -0.1) is 0 Å². The Bertz CT molecular complexity index is 1120. The van der Waals surface area contributed by atoms with E-state index in [4.69, 9.17) is 11.6 Å². The van der Waals surface area contributed by atoms with Crippen molar-refractivity contribution in [3.63, 3.8) is 0 Å². The van der Waals surface area contributed by atoms with Gasteiger partial charge >= 0.3 is 0 Å². The second kappa shape index (κ2) is 12.4. The number of amides is 2. The lowest BCUT2D eigenvalue weighted by atomic mass is 10.0. The third-order valence-electron chi connectivity index (χ3n) is 5.94. The van der Waals surface area contributed by atoms with E-state index in [1.807, 2.05) is 39.8 Å². The van der Waals surface area contributed by atoms with Crippen LogP contribution in [-0.4, -0.2) is 50.0 Å². The van der Waals surface area contributed by atoms with Crippen molar-refractivity contribution in [2.75, 3.05) is 17.1 Å². The Kier molecular flexibility index (Phi) is 10.2. The Balaban J connectivity index is 2.44. The topological polar surface area (TPSA) is 86.8 Å². The highest BCUT2D eigenvalue weighted by atomic mass is 35.5. The van der Waals surface area contributed by atoms with Gasteiger partial charge in [0.2, 0.25) is 21.8 Å². The second-order valence-electron chi connectivity index (χ2n) is 9.13. The number of carbonyl (C=O) groups is 2. The van der Waals surface area contributed by atoms with Gasteiger partial charge in [0.15, 0.2) is 0 Å². The zero-order chi connectivity index (χ0) is 26.3. The summed E-state index contributed by atoms with van der Waals surface area (Å²) in [4.78, 5) is 28.0. The van der Waals surface area contributed by atoms with Crippen LogP contribution in [0.4, 0.5) is 5.69 Å². The molecule has 0 spiro atoms. The van der Waals surface area contributed by atoms with Crippen LogP contribution in [0.15, 0.2) is 48.5 Å². The van der Waals surface area contributed by atoms with Gasteiger partial charge in [-0.05, 0) is 55.5 Å². The van der Waals surface area contributed by atoms with Crippen LogP contribution in [0, 0.1) is 0 Å². The number of carbonyl (C=O) groups excluding carboxylic acids is 2. The third kappa shape index (κ3) is 7.97. The normalized spacial score (nSPS) is 13.3. The highest BCUT2D eigenvalue weighted by Gasteiger charge is 2.31. The largest absolute Gasteiger partial charge is 0.352 e. The van der Waals surface area contributed by atoms with Crippen molar-refractivity contribution in [1.82, 2.24) is 10.2 Å². The molecular formula is C26H36ClN3O4S. The third-order valence-corrected chi connectivity index (χ3v) is 7.32. The molecule has 0 unspecified atom stereocenters. The number of hydrogen-bond donors (Lipinski definition) is 1. The van der Waals surface area contributed by atoms with Crippen LogP contribution in [0.3, 0.4) is 0 Å². The maximum absolute atomic E-state index is 13.6.